The van der Waals surface area contributed by atoms with Gasteiger partial charge in [0.25, 0.3) is 0 Å². The molecule has 4 heteroatoms. The van der Waals surface area contributed by atoms with E-state index in [0.29, 0.717) is 0 Å². The molecule has 0 saturated carbocycles. The summed E-state index contributed by atoms with van der Waals surface area (Å²) in [6.45, 7) is 0. The van der Waals surface area contributed by atoms with Gasteiger partial charge in [0.05, 0.1) is 0 Å². The fourth-order valence-corrected chi connectivity index (χ4v) is 0. The van der Waals surface area contributed by atoms with Gasteiger partial charge in [-0.1, -0.05) is 0 Å². The summed E-state index contributed by atoms with van der Waals surface area (Å²) in [7, 11) is 0. The average molecular weight is 299 g/mol. The zero-order valence-electron chi connectivity index (χ0n) is 2.42. The molecule has 0 aliphatic carbocycles. The van der Waals surface area contributed by atoms with Crippen molar-refractivity contribution in [2.75, 3.05) is 0 Å². The van der Waals surface area contributed by atoms with Gasteiger partial charge in [0, 0.05) is 0 Å². The maximum Gasteiger partial charge on any atom is 1.00 e. The summed E-state index contributed by atoms with van der Waals surface area (Å²) in [4.78, 5) is 0. The molecule has 0 fully saturated rings. The zero-order chi connectivity index (χ0) is 0. The van der Waals surface area contributed by atoms with Crippen molar-refractivity contribution in [3.63, 3.8) is 0 Å². The second kappa shape index (κ2) is 19.8. The summed E-state index contributed by atoms with van der Waals surface area (Å²) in [5.41, 5.74) is 0. The first-order chi connectivity index (χ1) is 0. The van der Waals surface area contributed by atoms with Crippen LogP contribution in [0.4, 0.5) is 0 Å². The van der Waals surface area contributed by atoms with E-state index in [1.807, 2.05) is 0 Å². The SMILES string of the molecule is P.P.P.[Au+]. The van der Waals surface area contributed by atoms with Gasteiger partial charge in [-0.15, -0.1) is 0 Å². The Morgan fingerprint density at radius 3 is 0.500 bits per heavy atom. The molecule has 3 unspecified atom stereocenters. The van der Waals surface area contributed by atoms with E-state index in [0.717, 1.165) is 0 Å². The van der Waals surface area contributed by atoms with Crippen molar-refractivity contribution in [3.8, 4) is 0 Å². The maximum absolute atomic E-state index is 0. The Morgan fingerprint density at radius 1 is 0.500 bits per heavy atom. The minimum atomic E-state index is 0. The van der Waals surface area contributed by atoms with E-state index in [9.17, 15) is 0 Å². The van der Waals surface area contributed by atoms with Crippen LogP contribution in [0.5, 0.6) is 0 Å². The summed E-state index contributed by atoms with van der Waals surface area (Å²) in [6.07, 6.45) is 0. The van der Waals surface area contributed by atoms with Gasteiger partial charge in [0.1, 0.15) is 0 Å². The molecule has 3 atom stereocenters. The van der Waals surface area contributed by atoms with Gasteiger partial charge in [0.2, 0.25) is 0 Å². The summed E-state index contributed by atoms with van der Waals surface area (Å²) in [5, 5.41) is 0. The van der Waals surface area contributed by atoms with E-state index in [4.69, 9.17) is 0 Å². The van der Waals surface area contributed by atoms with Crippen LogP contribution in [0, 0.1) is 0 Å². The van der Waals surface area contributed by atoms with Gasteiger partial charge in [-0.25, -0.2) is 0 Å². The van der Waals surface area contributed by atoms with Crippen LogP contribution >= 0.6 is 29.7 Å². The third-order valence-corrected chi connectivity index (χ3v) is 0. The van der Waals surface area contributed by atoms with Crippen LogP contribution in [0.1, 0.15) is 0 Å². The molecular formula is H9AuP3+. The Labute approximate surface area is 52.3 Å². The molecule has 0 bridgehead atoms. The van der Waals surface area contributed by atoms with Crippen molar-refractivity contribution < 1.29 is 22.4 Å². The monoisotopic (exact) mass is 299 g/mol. The quantitative estimate of drug-likeness (QED) is 0.442. The minimum absolute atomic E-state index is 0. The predicted molar refractivity (Wildman–Crippen MR) is 33.3 cm³/mol. The van der Waals surface area contributed by atoms with Crippen molar-refractivity contribution >= 4 is 29.7 Å². The first-order valence-electron chi connectivity index (χ1n) is 0. The number of hydrogen-bond acceptors (Lipinski definition) is 0. The van der Waals surface area contributed by atoms with Gasteiger partial charge >= 0.3 is 22.4 Å². The van der Waals surface area contributed by atoms with E-state index < -0.39 is 0 Å². The molecule has 0 saturated heterocycles. The first-order valence-corrected chi connectivity index (χ1v) is 0. The third kappa shape index (κ3) is 8.98. The van der Waals surface area contributed by atoms with Gasteiger partial charge in [-0.3, -0.25) is 0 Å². The van der Waals surface area contributed by atoms with Crippen LogP contribution in [0.25, 0.3) is 0 Å². The molecule has 0 heterocycles. The Morgan fingerprint density at radius 2 is 0.500 bits per heavy atom. The Hall–Kier alpha value is 2.03. The standard InChI is InChI=1S/Au.3H3P/h;3*1H3/q+1;;;. The Bertz CT molecular complexity index is 3.25. The van der Waals surface area contributed by atoms with Gasteiger partial charge in [0.15, 0.2) is 0 Å². The van der Waals surface area contributed by atoms with Crippen LogP contribution in [0.2, 0.25) is 0 Å². The molecule has 0 N–H and O–H groups in total. The molecule has 0 nitrogen and oxygen atoms in total. The van der Waals surface area contributed by atoms with Crippen molar-refractivity contribution in [3.05, 3.63) is 0 Å². The molecule has 0 spiro atoms. The Kier molecular flexibility index (Phi) is 183. The average Bonchev–Trinajstić information content (AvgIpc) is 0. The maximum atomic E-state index is 0. The van der Waals surface area contributed by atoms with E-state index >= 15 is 0 Å². The predicted octanol–water partition coefficient (Wildman–Crippen LogP) is 0.172. The number of rotatable bonds is 0. The molecule has 34 valence electrons. The number of hydrogen-bond donors (Lipinski definition) is 0. The Balaban J connectivity index is 0. The van der Waals surface area contributed by atoms with Crippen molar-refractivity contribution in [1.29, 1.82) is 0 Å². The van der Waals surface area contributed by atoms with E-state index in [1.54, 1.807) is 0 Å². The van der Waals surface area contributed by atoms with Gasteiger partial charge in [-0.05, 0) is 0 Å². The van der Waals surface area contributed by atoms with Crippen LogP contribution in [0.15, 0.2) is 0 Å². The third-order valence-electron chi connectivity index (χ3n) is 0. The van der Waals surface area contributed by atoms with E-state index in [1.165, 1.54) is 0 Å². The zero-order valence-corrected chi connectivity index (χ0v) is 8.83. The second-order valence-corrected chi connectivity index (χ2v) is 0. The fourth-order valence-electron chi connectivity index (χ4n) is 0. The fraction of sp³-hybridized carbons (Fsp3) is 0. The largest absolute Gasteiger partial charge is 1.00 e. The normalized spacial score (nSPS) is 0. The molecule has 0 aromatic heterocycles. The van der Waals surface area contributed by atoms with Crippen LogP contribution in [0.3, 0.4) is 0 Å². The topological polar surface area (TPSA) is 0 Å². The molecule has 0 radical (unpaired) electrons. The molecular weight excluding hydrogens is 290 g/mol. The molecule has 0 aromatic carbocycles. The minimum Gasteiger partial charge on any atom is -0.153 e. The second-order valence-electron chi connectivity index (χ2n) is 0. The molecule has 0 aromatic rings. The van der Waals surface area contributed by atoms with E-state index in [-0.39, 0.29) is 52.1 Å². The summed E-state index contributed by atoms with van der Waals surface area (Å²) >= 11 is 0. The molecule has 0 amide bonds. The molecule has 0 aliphatic rings. The van der Waals surface area contributed by atoms with Gasteiger partial charge in [-0.2, -0.15) is 29.7 Å². The molecule has 0 rings (SSSR count). The smallest absolute Gasteiger partial charge is 0.153 e. The molecule has 4 heavy (non-hydrogen) atoms. The van der Waals surface area contributed by atoms with Crippen LogP contribution in [-0.4, -0.2) is 0 Å². The van der Waals surface area contributed by atoms with E-state index in [2.05, 4.69) is 0 Å². The summed E-state index contributed by atoms with van der Waals surface area (Å²) in [6, 6.07) is 0. The van der Waals surface area contributed by atoms with Crippen LogP contribution in [-0.2, 0) is 22.4 Å². The summed E-state index contributed by atoms with van der Waals surface area (Å²) < 4.78 is 0. The van der Waals surface area contributed by atoms with Crippen molar-refractivity contribution in [2.24, 2.45) is 0 Å². The van der Waals surface area contributed by atoms with Crippen molar-refractivity contribution in [2.45, 2.75) is 0 Å². The van der Waals surface area contributed by atoms with Gasteiger partial charge < -0.3 is 0 Å². The molecule has 0 aliphatic heterocycles. The summed E-state index contributed by atoms with van der Waals surface area (Å²) in [5.74, 6) is 0. The van der Waals surface area contributed by atoms with Crippen molar-refractivity contribution in [1.82, 2.24) is 0 Å². The van der Waals surface area contributed by atoms with Crippen LogP contribution < -0.4 is 0 Å². The first kappa shape index (κ1) is 37.0.